The number of ether oxygens (including phenoxy) is 9. The van der Waals surface area contributed by atoms with Crippen LogP contribution in [0.2, 0.25) is 0 Å². The molecule has 2 N–H and O–H groups in total. The number of carbonyl (C=O) groups is 6. The molecule has 3 aliphatic rings. The van der Waals surface area contributed by atoms with Crippen molar-refractivity contribution in [2.24, 2.45) is 16.2 Å². The highest BCUT2D eigenvalue weighted by Crippen LogP contribution is 2.27. The summed E-state index contributed by atoms with van der Waals surface area (Å²) in [6.45, 7) is 87.1. The van der Waals surface area contributed by atoms with Crippen molar-refractivity contribution in [3.8, 4) is 5.75 Å². The lowest BCUT2D eigenvalue weighted by Gasteiger charge is -2.39. The Morgan fingerprint density at radius 3 is 1.07 bits per heavy atom. The van der Waals surface area contributed by atoms with Gasteiger partial charge in [-0.2, -0.15) is 38.4 Å². The lowest BCUT2D eigenvalue weighted by Crippen LogP contribution is -2.54. The number of likely N-dealkylation sites (N-methyl/N-ethyl adjacent to an activating group) is 1. The van der Waals surface area contributed by atoms with Crippen molar-refractivity contribution in [3.63, 3.8) is 0 Å². The van der Waals surface area contributed by atoms with Crippen LogP contribution in [0.15, 0.2) is 24.3 Å². The molecule has 3 heterocycles. The van der Waals surface area contributed by atoms with Gasteiger partial charge in [0.15, 0.2) is 5.79 Å². The minimum atomic E-state index is -0.763. The van der Waals surface area contributed by atoms with Crippen LogP contribution in [0.25, 0.3) is 0 Å². The van der Waals surface area contributed by atoms with Crippen LogP contribution in [0.4, 0.5) is 0 Å². The number of hydrogen-bond donors (Lipinski definition) is 2. The molecule has 0 spiro atoms. The van der Waals surface area contributed by atoms with Gasteiger partial charge in [0.25, 0.3) is 0 Å². The van der Waals surface area contributed by atoms with Gasteiger partial charge in [0, 0.05) is 157 Å². The van der Waals surface area contributed by atoms with Gasteiger partial charge in [0.2, 0.25) is 0 Å². The molecule has 0 radical (unpaired) electrons. The van der Waals surface area contributed by atoms with E-state index in [2.05, 4.69) is 137 Å². The largest absolute Gasteiger partial charge is 0.494 e. The number of aliphatic hydroxyl groups excluding tert-OH is 2. The van der Waals surface area contributed by atoms with E-state index in [-0.39, 0.29) is 122 Å². The molecule has 3 fully saturated rings. The van der Waals surface area contributed by atoms with E-state index in [4.69, 9.17) is 81.0 Å². The Bertz CT molecular complexity index is 3560. The van der Waals surface area contributed by atoms with E-state index in [0.29, 0.717) is 85.2 Å². The highest BCUT2D eigenvalue weighted by atomic mass is 16.7. The van der Waals surface area contributed by atoms with Gasteiger partial charge in [-0.25, -0.2) is 0 Å². The molecule has 1 aromatic rings. The first kappa shape index (κ1) is 134. The summed E-state index contributed by atoms with van der Waals surface area (Å²) in [5.41, 5.74) is -1.98. The molecule has 794 valence electrons. The predicted molar refractivity (Wildman–Crippen MR) is 522 cm³/mol. The smallest absolute Gasteiger partial charge is 0.373 e. The number of nitrogens with zero attached hydrogens (tertiary/aromatic N) is 11. The lowest BCUT2D eigenvalue weighted by atomic mass is 9.93. The summed E-state index contributed by atoms with van der Waals surface area (Å²) in [6.07, 6.45) is 4.07. The summed E-state index contributed by atoms with van der Waals surface area (Å²) in [4.78, 5) is 168. The average molecular weight is 1950 g/mol. The van der Waals surface area contributed by atoms with Crippen molar-refractivity contribution in [1.29, 1.82) is 0 Å². The number of rotatable bonds is 33. The number of unbranched alkanes of at least 4 members (excludes halogenated alkanes) is 2. The summed E-state index contributed by atoms with van der Waals surface area (Å²) < 4.78 is 51.5. The fourth-order valence-electron chi connectivity index (χ4n) is 15.1. The third kappa shape index (κ3) is 78.1. The number of aliphatic hydroxyl groups is 2. The molecule has 137 heavy (non-hydrogen) atoms. The molecule has 1 aromatic carbocycles. The zero-order chi connectivity index (χ0) is 106. The van der Waals surface area contributed by atoms with Crippen LogP contribution in [0.1, 0.15) is 253 Å². The van der Waals surface area contributed by atoms with Crippen molar-refractivity contribution >= 4 is 60.4 Å². The van der Waals surface area contributed by atoms with Gasteiger partial charge in [-0.1, -0.05) is 101 Å². The van der Waals surface area contributed by atoms with E-state index in [1.54, 1.807) is 4.90 Å². The second kappa shape index (κ2) is 67.3. The zero-order valence-electron chi connectivity index (χ0n) is 90.7. The second-order valence-corrected chi connectivity index (χ2v) is 45.2. The van der Waals surface area contributed by atoms with Crippen molar-refractivity contribution in [3.05, 3.63) is 29.8 Å². The van der Waals surface area contributed by atoms with E-state index < -0.39 is 57.4 Å². The molecular formula is C101H185N11O25. The van der Waals surface area contributed by atoms with Gasteiger partial charge in [-0.15, -0.1) is 0 Å². The van der Waals surface area contributed by atoms with Crippen LogP contribution in [-0.2, 0) is 111 Å². The third-order valence-electron chi connectivity index (χ3n) is 20.1. The zero-order valence-corrected chi connectivity index (χ0v) is 90.7. The molecule has 36 nitrogen and oxygen atoms in total. The Labute approximate surface area is 822 Å². The van der Waals surface area contributed by atoms with Crippen molar-refractivity contribution in [2.75, 3.05) is 223 Å². The lowest BCUT2D eigenvalue weighted by molar-refractivity contribution is -0.204. The van der Waals surface area contributed by atoms with Gasteiger partial charge in [-0.05, 0) is 212 Å². The topological polar surface area (TPSA) is 398 Å². The van der Waals surface area contributed by atoms with Gasteiger partial charge in [0.05, 0.1) is 77.3 Å². The number of esters is 6. The first-order chi connectivity index (χ1) is 62.9. The molecule has 0 bridgehead atoms. The van der Waals surface area contributed by atoms with Gasteiger partial charge >= 0.3 is 60.4 Å². The summed E-state index contributed by atoms with van der Waals surface area (Å²) in [6, 6.07) is 8.12. The molecule has 0 aromatic heterocycles. The van der Waals surface area contributed by atoms with E-state index in [0.717, 1.165) is 130 Å². The number of benzene rings is 1. The molecule has 0 aliphatic carbocycles. The van der Waals surface area contributed by atoms with Crippen LogP contribution >= 0.6 is 0 Å². The van der Waals surface area contributed by atoms with E-state index in [1.165, 1.54) is 5.56 Å². The fourth-order valence-corrected chi connectivity index (χ4v) is 15.1. The average Bonchev–Trinajstić information content (AvgIpc) is 1.82. The number of β-amino-alcohol motifs (C(OH)–C–C–N with tert-alkyl or cyclic N) is 1. The number of hydrogen-bond acceptors (Lipinski definition) is 36. The first-order valence-corrected chi connectivity index (χ1v) is 48.6. The molecule has 4 atom stereocenters. The summed E-state index contributed by atoms with van der Waals surface area (Å²) >= 11 is 0. The Morgan fingerprint density at radius 1 is 0.423 bits per heavy atom. The molecule has 2 unspecified atom stereocenters. The molecule has 3 saturated heterocycles. The minimum absolute atomic E-state index is 0.0525. The SMILES string of the molecule is CC(C)(C)CN1CCN(CC(=O)OC(C)(C)C)CCN(CC(=O)OC(C)(C)C)CCN(C2COC(C)(C)OC[C@@H]2O)CC1.CCCCCN(CC(C)(C)C)[C@@H](Cc1ccc(OCC)cc1)CN(CCN(CC(=O)OC(C)(C)C)CC(=O)OC(C)(C)C)CC(=O)OC(C)(C)C.CCN1CCN(CC(=O)OC(C)(C)C)CCN(CC(C)O)CCN(CC(C)(C)C)CC1.O=C=O.O=C=O.O=C=O.O=C=O. The fraction of sp³-hybridized carbons (Fsp3) is 0.842. The second-order valence-electron chi connectivity index (χ2n) is 45.2. The van der Waals surface area contributed by atoms with Crippen LogP contribution in [0.3, 0.4) is 0 Å². The minimum Gasteiger partial charge on any atom is -0.494 e. The van der Waals surface area contributed by atoms with Crippen molar-refractivity contribution in [2.45, 2.75) is 318 Å². The third-order valence-corrected chi connectivity index (χ3v) is 20.1. The maximum atomic E-state index is 13.4. The molecule has 0 amide bonds. The van der Waals surface area contributed by atoms with Gasteiger partial charge < -0.3 is 67.5 Å². The quantitative estimate of drug-likeness (QED) is 0.0376. The maximum absolute atomic E-state index is 13.4. The van der Waals surface area contributed by atoms with Gasteiger partial charge in [-0.3, -0.25) is 68.0 Å². The number of carbonyl (C=O) groups excluding carboxylic acids is 14. The van der Waals surface area contributed by atoms with Crippen LogP contribution in [0, 0.1) is 16.2 Å². The maximum Gasteiger partial charge on any atom is 0.373 e. The van der Waals surface area contributed by atoms with Crippen LogP contribution in [-0.4, -0.2) is 411 Å². The van der Waals surface area contributed by atoms with E-state index in [1.807, 2.05) is 164 Å². The molecule has 4 rings (SSSR count). The molecular weight excluding hydrogens is 1770 g/mol. The monoisotopic (exact) mass is 1950 g/mol. The van der Waals surface area contributed by atoms with Gasteiger partial charge in [0.1, 0.15) is 39.4 Å². The Morgan fingerprint density at radius 2 is 0.737 bits per heavy atom. The van der Waals surface area contributed by atoms with Crippen LogP contribution < -0.4 is 4.74 Å². The summed E-state index contributed by atoms with van der Waals surface area (Å²) in [7, 11) is 0. The molecule has 3 aliphatic heterocycles. The highest BCUT2D eigenvalue weighted by Gasteiger charge is 2.38. The normalized spacial score (nSPS) is 18.0. The summed E-state index contributed by atoms with van der Waals surface area (Å²) in [5.74, 6) is -1.79. The van der Waals surface area contributed by atoms with Crippen molar-refractivity contribution < 1.29 is 120 Å². The Hall–Kier alpha value is -7.24. The van der Waals surface area contributed by atoms with E-state index in [9.17, 15) is 39.0 Å². The van der Waals surface area contributed by atoms with Crippen LogP contribution in [0.5, 0.6) is 5.75 Å². The molecule has 36 heteroatoms. The first-order valence-electron chi connectivity index (χ1n) is 48.6. The van der Waals surface area contributed by atoms with Crippen molar-refractivity contribution in [1.82, 2.24) is 53.9 Å². The Balaban J connectivity index is -0.00000189. The molecule has 0 saturated carbocycles. The standard InChI is InChI=1S/C41H73N3O7.C32H62N4O7.C24H50N4O3.4CO2/c1-15-17-18-23-44(31-38(3,4)5)33(26-32-19-21-34(22-20-32)48-16-2)27-42(28-35(45)49-39(6,7)8)24-25-43(29-36(46)50-40(9,10)11)30-37(47)51-41(12,13)14;1-29(2,3)24-35-15-14-33(20-27(38)42-30(4,5)6)12-13-34(21-28(39)43-31(7,8)9)16-18-36(19-17-35)25-22-40-32(10,11)41-23-26(25)37;1-9-25-10-12-27(19-22(30)31-24(6,7)8)14-13-26(18-21(2)29)15-17-28(16-11-25)20-23(3,4)5;4*2-1-3/h19-22,33H,15-18,23-31H2,1-14H3;25-26,37H,12-24H2,1-11H3;21,29H,9-20H2,1-8H3;;;;/t33-;25?,26-;;;;;/m00...../s1. The Kier molecular flexibility index (Phi) is 65.7. The van der Waals surface area contributed by atoms with E-state index >= 15 is 0 Å². The summed E-state index contributed by atoms with van der Waals surface area (Å²) in [5, 5.41) is 21.1. The predicted octanol–water partition coefficient (Wildman–Crippen LogP) is 9.28. The highest BCUT2D eigenvalue weighted by molar-refractivity contribution is 5.76.